The van der Waals surface area contributed by atoms with Gasteiger partial charge in [-0.25, -0.2) is 4.79 Å². The first-order chi connectivity index (χ1) is 17.7. The molecule has 0 aromatic rings. The van der Waals surface area contributed by atoms with Gasteiger partial charge in [-0.2, -0.15) is 0 Å². The summed E-state index contributed by atoms with van der Waals surface area (Å²) >= 11 is 0. The number of carbonyl (C=O) groups is 6. The maximum absolute atomic E-state index is 13.1. The standard InChI is InChI=1S/C22H41N9O7/c1-3-11(2)17(20(36)30-14(21(37)38)5-4-10-28-22(26)27)31-19(35)13(7-9-16(25)33)29-18(34)12(23)6-8-15(24)32/h11-14,17H,3-10,23H2,1-2H3,(H2,24,32)(H2,25,33)(H,29,34)(H,30,36)(H,31,35)(H,37,38)(H4,26,27,28). The number of aliphatic imine (C=N–C) groups is 1. The second kappa shape index (κ2) is 17.5. The van der Waals surface area contributed by atoms with Crippen LogP contribution in [0.15, 0.2) is 4.99 Å². The van der Waals surface area contributed by atoms with E-state index in [9.17, 15) is 33.9 Å². The summed E-state index contributed by atoms with van der Waals surface area (Å²) in [6.07, 6.45) is 0.0740. The minimum Gasteiger partial charge on any atom is -0.480 e. The molecule has 0 rings (SSSR count). The van der Waals surface area contributed by atoms with Crippen LogP contribution in [-0.4, -0.2) is 77.3 Å². The first-order valence-corrected chi connectivity index (χ1v) is 12.2. The maximum Gasteiger partial charge on any atom is 0.326 e. The molecule has 0 fully saturated rings. The van der Waals surface area contributed by atoms with Gasteiger partial charge in [0, 0.05) is 19.4 Å². The molecule has 14 N–H and O–H groups in total. The molecule has 0 aliphatic rings. The van der Waals surface area contributed by atoms with Gasteiger partial charge in [-0.05, 0) is 31.6 Å². The molecular formula is C22H41N9O7. The van der Waals surface area contributed by atoms with E-state index in [0.717, 1.165) is 0 Å². The van der Waals surface area contributed by atoms with Crippen molar-refractivity contribution >= 4 is 41.5 Å². The molecule has 0 spiro atoms. The van der Waals surface area contributed by atoms with Gasteiger partial charge in [-0.15, -0.1) is 0 Å². The van der Waals surface area contributed by atoms with E-state index < -0.39 is 65.6 Å². The molecular weight excluding hydrogens is 502 g/mol. The number of aliphatic carboxylic acids is 1. The molecule has 0 aromatic carbocycles. The second-order valence-corrected chi connectivity index (χ2v) is 8.90. The highest BCUT2D eigenvalue weighted by Crippen LogP contribution is 2.11. The van der Waals surface area contributed by atoms with Gasteiger partial charge in [0.15, 0.2) is 5.96 Å². The molecule has 16 heteroatoms. The third-order valence-corrected chi connectivity index (χ3v) is 5.70. The Hall–Kier alpha value is -3.95. The quantitative estimate of drug-likeness (QED) is 0.0439. The molecule has 0 radical (unpaired) electrons. The number of carbonyl (C=O) groups excluding carboxylic acids is 5. The van der Waals surface area contributed by atoms with Gasteiger partial charge < -0.3 is 49.7 Å². The van der Waals surface area contributed by atoms with Crippen LogP contribution < -0.4 is 44.6 Å². The molecule has 16 nitrogen and oxygen atoms in total. The van der Waals surface area contributed by atoms with E-state index in [-0.39, 0.29) is 51.0 Å². The summed E-state index contributed by atoms with van der Waals surface area (Å²) in [5, 5.41) is 16.9. The first-order valence-electron chi connectivity index (χ1n) is 12.2. The van der Waals surface area contributed by atoms with Crippen LogP contribution in [0.4, 0.5) is 0 Å². The Morgan fingerprint density at radius 3 is 1.84 bits per heavy atom. The van der Waals surface area contributed by atoms with Crippen molar-refractivity contribution in [2.45, 2.75) is 83.0 Å². The predicted molar refractivity (Wildman–Crippen MR) is 138 cm³/mol. The van der Waals surface area contributed by atoms with Gasteiger partial charge in [0.2, 0.25) is 29.5 Å². The lowest BCUT2D eigenvalue weighted by molar-refractivity contribution is -0.143. The van der Waals surface area contributed by atoms with E-state index in [2.05, 4.69) is 20.9 Å². The van der Waals surface area contributed by atoms with Crippen molar-refractivity contribution in [1.29, 1.82) is 0 Å². The Morgan fingerprint density at radius 1 is 0.789 bits per heavy atom. The molecule has 0 aliphatic carbocycles. The number of nitrogens with two attached hydrogens (primary N) is 5. The summed E-state index contributed by atoms with van der Waals surface area (Å²) < 4.78 is 0. The second-order valence-electron chi connectivity index (χ2n) is 8.90. The van der Waals surface area contributed by atoms with Gasteiger partial charge in [0.05, 0.1) is 6.04 Å². The molecule has 5 amide bonds. The van der Waals surface area contributed by atoms with E-state index in [0.29, 0.717) is 6.42 Å². The number of rotatable bonds is 19. The number of guanidine groups is 1. The first kappa shape index (κ1) is 34.0. The average molecular weight is 544 g/mol. The predicted octanol–water partition coefficient (Wildman–Crippen LogP) is -3.52. The lowest BCUT2D eigenvalue weighted by Crippen LogP contribution is -2.58. The fraction of sp³-hybridized carbons (Fsp3) is 0.682. The van der Waals surface area contributed by atoms with E-state index in [1.807, 2.05) is 0 Å². The van der Waals surface area contributed by atoms with Crippen LogP contribution in [0, 0.1) is 5.92 Å². The Kier molecular flexibility index (Phi) is 15.7. The number of amides is 5. The van der Waals surface area contributed by atoms with Gasteiger partial charge in [0.25, 0.3) is 0 Å². The highest BCUT2D eigenvalue weighted by molar-refractivity contribution is 5.94. The number of nitrogens with zero attached hydrogens (tertiary/aromatic N) is 1. The molecule has 0 aromatic heterocycles. The molecule has 0 heterocycles. The molecule has 0 saturated heterocycles. The minimum atomic E-state index is -1.29. The van der Waals surface area contributed by atoms with Crippen LogP contribution in [0.3, 0.4) is 0 Å². The molecule has 0 bridgehead atoms. The van der Waals surface area contributed by atoms with E-state index in [1.54, 1.807) is 13.8 Å². The number of primary amides is 2. The topological polar surface area (TPSA) is 301 Å². The Labute approximate surface area is 220 Å². The summed E-state index contributed by atoms with van der Waals surface area (Å²) in [5.74, 6) is -5.57. The van der Waals surface area contributed by atoms with Crippen LogP contribution in [0.2, 0.25) is 0 Å². The van der Waals surface area contributed by atoms with Crippen LogP contribution in [0.1, 0.15) is 58.8 Å². The van der Waals surface area contributed by atoms with Crippen LogP contribution in [0.5, 0.6) is 0 Å². The van der Waals surface area contributed by atoms with Crippen molar-refractivity contribution < 1.29 is 33.9 Å². The van der Waals surface area contributed by atoms with Gasteiger partial charge in [-0.1, -0.05) is 20.3 Å². The van der Waals surface area contributed by atoms with Crippen LogP contribution in [0.25, 0.3) is 0 Å². The summed E-state index contributed by atoms with van der Waals surface area (Å²) in [6.45, 7) is 3.61. The molecule has 5 unspecified atom stereocenters. The van der Waals surface area contributed by atoms with E-state index in [1.165, 1.54) is 0 Å². The van der Waals surface area contributed by atoms with E-state index in [4.69, 9.17) is 28.7 Å². The Bertz CT molecular complexity index is 877. The highest BCUT2D eigenvalue weighted by atomic mass is 16.4. The maximum atomic E-state index is 13.1. The summed E-state index contributed by atoms with van der Waals surface area (Å²) in [4.78, 5) is 76.3. The van der Waals surface area contributed by atoms with Crippen molar-refractivity contribution in [2.75, 3.05) is 6.54 Å². The Balaban J connectivity index is 5.57. The van der Waals surface area contributed by atoms with Crippen molar-refractivity contribution in [3.05, 3.63) is 0 Å². The van der Waals surface area contributed by atoms with Crippen molar-refractivity contribution in [3.8, 4) is 0 Å². The van der Waals surface area contributed by atoms with Crippen molar-refractivity contribution in [2.24, 2.45) is 39.6 Å². The van der Waals surface area contributed by atoms with Gasteiger partial charge in [-0.3, -0.25) is 29.0 Å². The normalized spacial score (nSPS) is 14.6. The lowest BCUT2D eigenvalue weighted by Gasteiger charge is -2.28. The zero-order valence-corrected chi connectivity index (χ0v) is 21.8. The number of hydrogen-bond acceptors (Lipinski definition) is 8. The molecule has 0 saturated carbocycles. The molecule has 5 atom stereocenters. The van der Waals surface area contributed by atoms with E-state index >= 15 is 0 Å². The van der Waals surface area contributed by atoms with Gasteiger partial charge >= 0.3 is 5.97 Å². The largest absolute Gasteiger partial charge is 0.480 e. The minimum absolute atomic E-state index is 0.0273. The third kappa shape index (κ3) is 14.0. The van der Waals surface area contributed by atoms with Crippen molar-refractivity contribution in [3.63, 3.8) is 0 Å². The average Bonchev–Trinajstić information content (AvgIpc) is 2.83. The highest BCUT2D eigenvalue weighted by Gasteiger charge is 2.32. The fourth-order valence-electron chi connectivity index (χ4n) is 3.24. The number of carboxylic acids is 1. The number of hydrogen-bond donors (Lipinski definition) is 9. The SMILES string of the molecule is CCC(C)C(NC(=O)C(CCC(N)=O)NC(=O)C(N)CCC(N)=O)C(=O)NC(CCCN=C(N)N)C(=O)O. The smallest absolute Gasteiger partial charge is 0.326 e. The molecule has 216 valence electrons. The monoisotopic (exact) mass is 543 g/mol. The van der Waals surface area contributed by atoms with Crippen LogP contribution in [-0.2, 0) is 28.8 Å². The molecule has 0 aliphatic heterocycles. The number of nitrogens with one attached hydrogen (secondary N) is 3. The Morgan fingerprint density at radius 2 is 1.34 bits per heavy atom. The van der Waals surface area contributed by atoms with Crippen LogP contribution >= 0.6 is 0 Å². The summed E-state index contributed by atoms with van der Waals surface area (Å²) in [5.41, 5.74) is 26.5. The lowest BCUT2D eigenvalue weighted by atomic mass is 9.96. The zero-order chi connectivity index (χ0) is 29.4. The third-order valence-electron chi connectivity index (χ3n) is 5.70. The molecule has 38 heavy (non-hydrogen) atoms. The van der Waals surface area contributed by atoms with Gasteiger partial charge in [0.1, 0.15) is 18.1 Å². The number of carboxylic acid groups (broad SMARTS) is 1. The summed E-state index contributed by atoms with van der Waals surface area (Å²) in [6, 6.07) is -4.88. The summed E-state index contributed by atoms with van der Waals surface area (Å²) in [7, 11) is 0. The van der Waals surface area contributed by atoms with Crippen molar-refractivity contribution in [1.82, 2.24) is 16.0 Å². The fourth-order valence-corrected chi connectivity index (χ4v) is 3.24. The zero-order valence-electron chi connectivity index (χ0n) is 21.8.